The third kappa shape index (κ3) is 2.98. The molecule has 0 bridgehead atoms. The third-order valence-corrected chi connectivity index (χ3v) is 1.84. The highest BCUT2D eigenvalue weighted by atomic mass is 16.1. The monoisotopic (exact) mass is 188 g/mol. The van der Waals surface area contributed by atoms with Crippen LogP contribution in [0.1, 0.15) is 29.3 Å². The fourth-order valence-electron chi connectivity index (χ4n) is 1.12. The Balaban J connectivity index is 2.83. The van der Waals surface area contributed by atoms with E-state index in [2.05, 4.69) is 0 Å². The van der Waals surface area contributed by atoms with Gasteiger partial charge in [0.1, 0.15) is 6.29 Å². The van der Waals surface area contributed by atoms with Crippen LogP contribution in [0.3, 0.4) is 0 Å². The molecule has 0 atom stereocenters. The molecule has 1 rings (SSSR count). The molecule has 2 heteroatoms. The number of carbonyl (C=O) groups excluding carboxylic acids is 2. The zero-order valence-corrected chi connectivity index (χ0v) is 8.07. The molecule has 0 amide bonds. The molecule has 0 aromatic heterocycles. The summed E-state index contributed by atoms with van der Waals surface area (Å²) in [6, 6.07) is 7.31. The minimum atomic E-state index is 0.0515. The zero-order valence-electron chi connectivity index (χ0n) is 8.07. The zero-order chi connectivity index (χ0) is 10.4. The number of carbonyl (C=O) groups is 2. The fourth-order valence-corrected chi connectivity index (χ4v) is 1.12. The van der Waals surface area contributed by atoms with Crippen molar-refractivity contribution in [3.8, 4) is 0 Å². The summed E-state index contributed by atoms with van der Waals surface area (Å²) in [5, 5.41) is 0. The van der Waals surface area contributed by atoms with Crippen molar-refractivity contribution in [1.29, 1.82) is 0 Å². The van der Waals surface area contributed by atoms with E-state index in [4.69, 9.17) is 0 Å². The Labute approximate surface area is 83.3 Å². The van der Waals surface area contributed by atoms with Gasteiger partial charge < -0.3 is 4.79 Å². The molecule has 2 nitrogen and oxygen atoms in total. The van der Waals surface area contributed by atoms with Crippen molar-refractivity contribution in [1.82, 2.24) is 0 Å². The minimum absolute atomic E-state index is 0.0515. The Kier molecular flexibility index (Phi) is 3.80. The molecule has 0 heterocycles. The molecule has 0 aliphatic heterocycles. The lowest BCUT2D eigenvalue weighted by Gasteiger charge is -1.96. The van der Waals surface area contributed by atoms with Crippen molar-refractivity contribution in [2.45, 2.75) is 13.3 Å². The van der Waals surface area contributed by atoms with Gasteiger partial charge in [0.15, 0.2) is 5.78 Å². The molecule has 1 aromatic carbocycles. The van der Waals surface area contributed by atoms with Crippen molar-refractivity contribution >= 4 is 18.1 Å². The van der Waals surface area contributed by atoms with Gasteiger partial charge in [0.05, 0.1) is 0 Å². The van der Waals surface area contributed by atoms with Gasteiger partial charge in [-0.3, -0.25) is 4.79 Å². The van der Waals surface area contributed by atoms with Gasteiger partial charge in [-0.15, -0.1) is 0 Å². The second-order valence-corrected chi connectivity index (χ2v) is 2.99. The maximum absolute atomic E-state index is 11.0. The normalized spacial score (nSPS) is 10.4. The maximum Gasteiger partial charge on any atom is 0.159 e. The number of rotatable bonds is 4. The van der Waals surface area contributed by atoms with Crippen LogP contribution >= 0.6 is 0 Å². The Morgan fingerprint density at radius 2 is 2.21 bits per heavy atom. The van der Waals surface area contributed by atoms with E-state index in [1.807, 2.05) is 24.3 Å². The highest BCUT2D eigenvalue weighted by molar-refractivity contribution is 5.94. The van der Waals surface area contributed by atoms with E-state index in [1.165, 1.54) is 6.92 Å². The second-order valence-electron chi connectivity index (χ2n) is 2.99. The van der Waals surface area contributed by atoms with Gasteiger partial charge in [0.25, 0.3) is 0 Å². The summed E-state index contributed by atoms with van der Waals surface area (Å²) in [4.78, 5) is 21.1. The smallest absolute Gasteiger partial charge is 0.159 e. The molecule has 0 aliphatic carbocycles. The van der Waals surface area contributed by atoms with Gasteiger partial charge in [-0.1, -0.05) is 30.4 Å². The molecule has 0 radical (unpaired) electrons. The Bertz CT molecular complexity index is 364. The van der Waals surface area contributed by atoms with Gasteiger partial charge in [-0.2, -0.15) is 0 Å². The molecule has 14 heavy (non-hydrogen) atoms. The van der Waals surface area contributed by atoms with Crippen molar-refractivity contribution in [2.75, 3.05) is 0 Å². The Morgan fingerprint density at radius 3 is 2.86 bits per heavy atom. The lowest BCUT2D eigenvalue weighted by molar-refractivity contribution is -0.107. The predicted octanol–water partition coefficient (Wildman–Crippen LogP) is 2.49. The lowest BCUT2D eigenvalue weighted by Crippen LogP contribution is -1.91. The van der Waals surface area contributed by atoms with Crippen LogP contribution in [0, 0.1) is 0 Å². The number of allylic oxidation sites excluding steroid dienone is 1. The number of hydrogen-bond donors (Lipinski definition) is 0. The van der Waals surface area contributed by atoms with Crippen LogP contribution in [-0.2, 0) is 4.79 Å². The number of Topliss-reactive ketones (excluding diaryl/α,β-unsaturated/α-hetero) is 1. The van der Waals surface area contributed by atoms with E-state index < -0.39 is 0 Å². The summed E-state index contributed by atoms with van der Waals surface area (Å²) in [6.07, 6.45) is 4.85. The standard InChI is InChI=1S/C12H12O2/c1-10(14)12-7-4-6-11(9-12)5-2-3-8-13/h2,4-9H,3H2,1H3. The van der Waals surface area contributed by atoms with Crippen LogP contribution < -0.4 is 0 Å². The third-order valence-electron chi connectivity index (χ3n) is 1.84. The summed E-state index contributed by atoms with van der Waals surface area (Å²) in [6.45, 7) is 1.54. The Morgan fingerprint density at radius 1 is 1.43 bits per heavy atom. The number of hydrogen-bond acceptors (Lipinski definition) is 2. The molecule has 0 N–H and O–H groups in total. The lowest BCUT2D eigenvalue weighted by atomic mass is 10.1. The predicted molar refractivity (Wildman–Crippen MR) is 56.2 cm³/mol. The quantitative estimate of drug-likeness (QED) is 0.537. The number of aldehydes is 1. The largest absolute Gasteiger partial charge is 0.303 e. The molecule has 0 saturated carbocycles. The molecule has 72 valence electrons. The van der Waals surface area contributed by atoms with E-state index in [9.17, 15) is 9.59 Å². The number of benzene rings is 1. The van der Waals surface area contributed by atoms with Gasteiger partial charge in [0, 0.05) is 12.0 Å². The molecule has 1 aromatic rings. The van der Waals surface area contributed by atoms with Crippen molar-refractivity contribution in [3.63, 3.8) is 0 Å². The molecule has 0 fully saturated rings. The van der Waals surface area contributed by atoms with Gasteiger partial charge in [0.2, 0.25) is 0 Å². The average Bonchev–Trinajstić information content (AvgIpc) is 2.19. The van der Waals surface area contributed by atoms with E-state index in [0.717, 1.165) is 11.8 Å². The Hall–Kier alpha value is -1.70. The van der Waals surface area contributed by atoms with Crippen LogP contribution in [0.15, 0.2) is 30.3 Å². The molecule has 0 aliphatic rings. The van der Waals surface area contributed by atoms with Crippen molar-refractivity contribution < 1.29 is 9.59 Å². The summed E-state index contributed by atoms with van der Waals surface area (Å²) >= 11 is 0. The summed E-state index contributed by atoms with van der Waals surface area (Å²) in [7, 11) is 0. The first kappa shape index (κ1) is 10.4. The summed E-state index contributed by atoms with van der Waals surface area (Å²) in [5.74, 6) is 0.0515. The van der Waals surface area contributed by atoms with Crippen LogP contribution in [-0.4, -0.2) is 12.1 Å². The number of ketones is 1. The first-order chi connectivity index (χ1) is 6.74. The van der Waals surface area contributed by atoms with E-state index in [0.29, 0.717) is 12.0 Å². The second kappa shape index (κ2) is 5.12. The van der Waals surface area contributed by atoms with Crippen molar-refractivity contribution in [3.05, 3.63) is 41.5 Å². The minimum Gasteiger partial charge on any atom is -0.303 e. The SMILES string of the molecule is CC(=O)c1cccc(C=CCC=O)c1. The summed E-state index contributed by atoms with van der Waals surface area (Å²) < 4.78 is 0. The average molecular weight is 188 g/mol. The summed E-state index contributed by atoms with van der Waals surface area (Å²) in [5.41, 5.74) is 1.64. The maximum atomic E-state index is 11.0. The van der Waals surface area contributed by atoms with Gasteiger partial charge in [-0.25, -0.2) is 0 Å². The van der Waals surface area contributed by atoms with E-state index in [1.54, 1.807) is 12.1 Å². The van der Waals surface area contributed by atoms with Crippen LogP contribution in [0.2, 0.25) is 0 Å². The first-order valence-electron chi connectivity index (χ1n) is 4.45. The molecular weight excluding hydrogens is 176 g/mol. The first-order valence-corrected chi connectivity index (χ1v) is 4.45. The van der Waals surface area contributed by atoms with Gasteiger partial charge in [-0.05, 0) is 18.6 Å². The highest BCUT2D eigenvalue weighted by Crippen LogP contribution is 2.07. The van der Waals surface area contributed by atoms with E-state index >= 15 is 0 Å². The van der Waals surface area contributed by atoms with Crippen molar-refractivity contribution in [2.24, 2.45) is 0 Å². The van der Waals surface area contributed by atoms with Crippen LogP contribution in [0.25, 0.3) is 6.08 Å². The topological polar surface area (TPSA) is 34.1 Å². The highest BCUT2D eigenvalue weighted by Gasteiger charge is 1.97. The van der Waals surface area contributed by atoms with E-state index in [-0.39, 0.29) is 5.78 Å². The fraction of sp³-hybridized carbons (Fsp3) is 0.167. The molecule has 0 saturated heterocycles. The van der Waals surface area contributed by atoms with Gasteiger partial charge >= 0.3 is 0 Å². The molecule has 0 spiro atoms. The molecule has 0 unspecified atom stereocenters. The molecular formula is C12H12O2. The van der Waals surface area contributed by atoms with Crippen LogP contribution in [0.5, 0.6) is 0 Å². The van der Waals surface area contributed by atoms with Crippen LogP contribution in [0.4, 0.5) is 0 Å².